The Labute approximate surface area is 227 Å². The van der Waals surface area contributed by atoms with E-state index >= 15 is 0 Å². The van der Waals surface area contributed by atoms with Crippen LogP contribution in [0.5, 0.6) is 0 Å². The predicted molar refractivity (Wildman–Crippen MR) is 149 cm³/mol. The third kappa shape index (κ3) is 6.65. The summed E-state index contributed by atoms with van der Waals surface area (Å²) in [6.45, 7) is 2.56. The third-order valence-corrected chi connectivity index (χ3v) is 6.87. The van der Waals surface area contributed by atoms with Crippen LogP contribution in [0.15, 0.2) is 97.1 Å². The lowest BCUT2D eigenvalue weighted by Crippen LogP contribution is -2.52. The molecule has 0 radical (unpaired) electrons. The molecule has 2 amide bonds. The number of anilines is 1. The number of carbonyl (C=O) groups excluding carboxylic acids is 2. The van der Waals surface area contributed by atoms with E-state index in [-0.39, 0.29) is 23.9 Å². The minimum absolute atomic E-state index is 0.0617. The van der Waals surface area contributed by atoms with Crippen molar-refractivity contribution in [1.29, 1.82) is 0 Å². The molecule has 1 aromatic heterocycles. The first-order valence-corrected chi connectivity index (χ1v) is 13.1. The Balaban J connectivity index is 1.21. The van der Waals surface area contributed by atoms with Gasteiger partial charge in [0.25, 0.3) is 5.91 Å². The predicted octanol–water partition coefficient (Wildman–Crippen LogP) is 4.32. The number of benzene rings is 3. The third-order valence-electron chi connectivity index (χ3n) is 6.87. The van der Waals surface area contributed by atoms with Crippen LogP contribution in [0.1, 0.15) is 15.9 Å². The summed E-state index contributed by atoms with van der Waals surface area (Å²) in [5.41, 5.74) is 3.12. The van der Waals surface area contributed by atoms with Crippen LogP contribution in [0.4, 0.5) is 10.2 Å². The van der Waals surface area contributed by atoms with E-state index in [1.54, 1.807) is 11.0 Å². The minimum atomic E-state index is -0.480. The van der Waals surface area contributed by atoms with Gasteiger partial charge in [-0.15, -0.1) is 10.2 Å². The molecule has 7 nitrogen and oxygen atoms in total. The Bertz CT molecular complexity index is 1390. The molecule has 2 heterocycles. The number of nitrogens with zero attached hydrogens (tertiary/aromatic N) is 5. The molecule has 39 heavy (non-hydrogen) atoms. The molecule has 5 rings (SSSR count). The lowest BCUT2D eigenvalue weighted by atomic mass is 10.1. The number of halogens is 1. The topological polar surface area (TPSA) is 69.6 Å². The average molecular weight is 524 g/mol. The second-order valence-corrected chi connectivity index (χ2v) is 9.48. The first-order valence-electron chi connectivity index (χ1n) is 13.1. The first kappa shape index (κ1) is 26.0. The molecule has 0 unspecified atom stereocenters. The molecule has 1 saturated heterocycles. The molecule has 1 aliphatic heterocycles. The number of carbonyl (C=O) groups is 2. The van der Waals surface area contributed by atoms with Crippen molar-refractivity contribution in [1.82, 2.24) is 20.0 Å². The fraction of sp³-hybridized carbons (Fsp3) is 0.226. The van der Waals surface area contributed by atoms with Gasteiger partial charge in [-0.1, -0.05) is 66.7 Å². The summed E-state index contributed by atoms with van der Waals surface area (Å²) in [6, 6.07) is 29.2. The van der Waals surface area contributed by atoms with Gasteiger partial charge in [0.15, 0.2) is 5.82 Å². The summed E-state index contributed by atoms with van der Waals surface area (Å²) < 4.78 is 13.8. The molecule has 4 aromatic rings. The van der Waals surface area contributed by atoms with E-state index in [4.69, 9.17) is 0 Å². The maximum absolute atomic E-state index is 13.8. The Kier molecular flexibility index (Phi) is 8.21. The van der Waals surface area contributed by atoms with Gasteiger partial charge < -0.3 is 14.7 Å². The van der Waals surface area contributed by atoms with Crippen molar-refractivity contribution in [2.45, 2.75) is 6.42 Å². The van der Waals surface area contributed by atoms with Gasteiger partial charge in [-0.05, 0) is 42.3 Å². The molecule has 0 N–H and O–H groups in total. The fourth-order valence-electron chi connectivity index (χ4n) is 4.67. The van der Waals surface area contributed by atoms with Gasteiger partial charge in [-0.3, -0.25) is 9.59 Å². The summed E-state index contributed by atoms with van der Waals surface area (Å²) in [4.78, 5) is 31.9. The average Bonchev–Trinajstić information content (AvgIpc) is 3.00. The van der Waals surface area contributed by atoms with Gasteiger partial charge in [0, 0.05) is 43.9 Å². The van der Waals surface area contributed by atoms with Crippen LogP contribution in [-0.4, -0.2) is 71.1 Å². The monoisotopic (exact) mass is 523 g/mol. The van der Waals surface area contributed by atoms with Crippen LogP contribution in [-0.2, 0) is 11.2 Å². The number of rotatable bonds is 8. The standard InChI is InChI=1S/C31H30FN5O2/c32-27-13-7-12-26(22-27)31(39)37(17-16-24-8-3-1-4-9-24)23-30(38)36-20-18-35(19-21-36)29-15-14-28(33-34-29)25-10-5-2-6-11-25/h1-15,22H,16-21,23H2. The highest BCUT2D eigenvalue weighted by Gasteiger charge is 2.26. The van der Waals surface area contributed by atoms with E-state index in [0.29, 0.717) is 39.1 Å². The van der Waals surface area contributed by atoms with E-state index in [1.807, 2.05) is 72.8 Å². The van der Waals surface area contributed by atoms with E-state index in [9.17, 15) is 14.0 Å². The molecule has 1 aliphatic rings. The molecule has 198 valence electrons. The Morgan fingerprint density at radius 2 is 1.51 bits per heavy atom. The van der Waals surface area contributed by atoms with Gasteiger partial charge >= 0.3 is 0 Å². The second kappa shape index (κ2) is 12.3. The first-order chi connectivity index (χ1) is 19.1. The van der Waals surface area contributed by atoms with Crippen molar-refractivity contribution in [3.8, 4) is 11.3 Å². The number of amides is 2. The molecule has 0 spiro atoms. The highest BCUT2D eigenvalue weighted by molar-refractivity contribution is 5.96. The van der Waals surface area contributed by atoms with Gasteiger partial charge in [0.1, 0.15) is 12.4 Å². The number of aromatic nitrogens is 2. The lowest BCUT2D eigenvalue weighted by molar-refractivity contribution is -0.132. The van der Waals surface area contributed by atoms with Crippen LogP contribution in [0.2, 0.25) is 0 Å². The molecule has 0 bridgehead atoms. The van der Waals surface area contributed by atoms with Crippen molar-refractivity contribution in [2.75, 3.05) is 44.2 Å². The SMILES string of the molecule is O=C(CN(CCc1ccccc1)C(=O)c1cccc(F)c1)N1CCN(c2ccc(-c3ccccc3)nn2)CC1. The van der Waals surface area contributed by atoms with Gasteiger partial charge in [-0.25, -0.2) is 4.39 Å². The summed E-state index contributed by atoms with van der Waals surface area (Å²) in [6.07, 6.45) is 0.598. The highest BCUT2D eigenvalue weighted by atomic mass is 19.1. The second-order valence-electron chi connectivity index (χ2n) is 9.48. The smallest absolute Gasteiger partial charge is 0.254 e. The normalized spacial score (nSPS) is 13.3. The molecule has 8 heteroatoms. The summed E-state index contributed by atoms with van der Waals surface area (Å²) >= 11 is 0. The zero-order chi connectivity index (χ0) is 27.0. The molecular weight excluding hydrogens is 493 g/mol. The Morgan fingerprint density at radius 3 is 2.18 bits per heavy atom. The quantitative estimate of drug-likeness (QED) is 0.344. The van der Waals surface area contributed by atoms with Crippen LogP contribution < -0.4 is 4.90 Å². The van der Waals surface area contributed by atoms with Gasteiger partial charge in [-0.2, -0.15) is 0 Å². The van der Waals surface area contributed by atoms with E-state index in [1.165, 1.54) is 23.1 Å². The van der Waals surface area contributed by atoms with Crippen molar-refractivity contribution in [3.05, 3.63) is 114 Å². The van der Waals surface area contributed by atoms with Crippen molar-refractivity contribution < 1.29 is 14.0 Å². The van der Waals surface area contributed by atoms with Crippen molar-refractivity contribution in [2.24, 2.45) is 0 Å². The van der Waals surface area contributed by atoms with Crippen LogP contribution in [0.3, 0.4) is 0 Å². The zero-order valence-corrected chi connectivity index (χ0v) is 21.6. The minimum Gasteiger partial charge on any atom is -0.352 e. The van der Waals surface area contributed by atoms with Gasteiger partial charge in [0.2, 0.25) is 5.91 Å². The number of hydrogen-bond acceptors (Lipinski definition) is 5. The maximum atomic E-state index is 13.8. The highest BCUT2D eigenvalue weighted by Crippen LogP contribution is 2.19. The van der Waals surface area contributed by atoms with Gasteiger partial charge in [0.05, 0.1) is 5.69 Å². The van der Waals surface area contributed by atoms with Crippen LogP contribution in [0.25, 0.3) is 11.3 Å². The van der Waals surface area contributed by atoms with Crippen LogP contribution in [0, 0.1) is 5.82 Å². The molecule has 0 saturated carbocycles. The summed E-state index contributed by atoms with van der Waals surface area (Å²) in [5.74, 6) is -0.192. The molecule has 3 aromatic carbocycles. The Hall–Kier alpha value is -4.59. The van der Waals surface area contributed by atoms with E-state index in [0.717, 1.165) is 22.6 Å². The number of hydrogen-bond donors (Lipinski definition) is 0. The lowest BCUT2D eigenvalue weighted by Gasteiger charge is -2.36. The molecule has 1 fully saturated rings. The van der Waals surface area contributed by atoms with Crippen molar-refractivity contribution in [3.63, 3.8) is 0 Å². The largest absolute Gasteiger partial charge is 0.352 e. The van der Waals surface area contributed by atoms with Crippen molar-refractivity contribution >= 4 is 17.6 Å². The molecular formula is C31H30FN5O2. The zero-order valence-electron chi connectivity index (χ0n) is 21.6. The van der Waals surface area contributed by atoms with Crippen LogP contribution >= 0.6 is 0 Å². The molecule has 0 aliphatic carbocycles. The Morgan fingerprint density at radius 1 is 0.795 bits per heavy atom. The van der Waals surface area contributed by atoms with E-state index in [2.05, 4.69) is 15.1 Å². The summed E-state index contributed by atoms with van der Waals surface area (Å²) in [5, 5.41) is 8.78. The number of piperazine rings is 1. The maximum Gasteiger partial charge on any atom is 0.254 e. The fourth-order valence-corrected chi connectivity index (χ4v) is 4.67. The molecule has 0 atom stereocenters. The summed E-state index contributed by atoms with van der Waals surface area (Å²) in [7, 11) is 0. The van der Waals surface area contributed by atoms with E-state index < -0.39 is 5.82 Å².